The van der Waals surface area contributed by atoms with Crippen LogP contribution in [0.3, 0.4) is 0 Å². The molecule has 4 rings (SSSR count). The monoisotopic (exact) mass is 371 g/mol. The van der Waals surface area contributed by atoms with E-state index < -0.39 is 16.1 Å². The summed E-state index contributed by atoms with van der Waals surface area (Å²) in [5.74, 6) is 0.217. The van der Waals surface area contributed by atoms with Crippen molar-refractivity contribution in [3.8, 4) is 0 Å². The van der Waals surface area contributed by atoms with Gasteiger partial charge in [-0.05, 0) is 43.0 Å². The minimum absolute atomic E-state index is 0.119. The van der Waals surface area contributed by atoms with Crippen molar-refractivity contribution in [3.05, 3.63) is 60.4 Å². The van der Waals surface area contributed by atoms with Crippen LogP contribution in [0, 0.1) is 5.92 Å². The molecule has 0 aliphatic carbocycles. The molecule has 7 heteroatoms. The summed E-state index contributed by atoms with van der Waals surface area (Å²) < 4.78 is 27.5. The quantitative estimate of drug-likeness (QED) is 0.823. The van der Waals surface area contributed by atoms with Crippen LogP contribution in [0.4, 0.5) is 0 Å². The zero-order valence-electron chi connectivity index (χ0n) is 14.4. The maximum absolute atomic E-state index is 13.0. The molecule has 6 nitrogen and oxygen atoms in total. The number of aromatic nitrogens is 1. The molecule has 2 aromatic rings. The lowest BCUT2D eigenvalue weighted by Crippen LogP contribution is -2.59. The number of benzene rings is 1. The van der Waals surface area contributed by atoms with Crippen LogP contribution in [0.2, 0.25) is 0 Å². The van der Waals surface area contributed by atoms with Gasteiger partial charge < -0.3 is 4.90 Å². The van der Waals surface area contributed by atoms with Gasteiger partial charge in [0.05, 0.1) is 17.1 Å². The molecular formula is C19H21N3O3S. The maximum atomic E-state index is 13.0. The van der Waals surface area contributed by atoms with Gasteiger partial charge in [0.15, 0.2) is 0 Å². The van der Waals surface area contributed by atoms with E-state index in [1.165, 1.54) is 4.31 Å². The van der Waals surface area contributed by atoms with Gasteiger partial charge in [-0.3, -0.25) is 9.78 Å². The molecule has 2 saturated heterocycles. The fraction of sp³-hybridized carbons (Fsp3) is 0.368. The number of pyridine rings is 1. The number of likely N-dealkylation sites (tertiary alicyclic amines) is 1. The molecule has 1 amide bonds. The van der Waals surface area contributed by atoms with E-state index in [0.29, 0.717) is 32.0 Å². The molecular weight excluding hydrogens is 350 g/mol. The van der Waals surface area contributed by atoms with Crippen LogP contribution in [-0.4, -0.2) is 47.6 Å². The predicted molar refractivity (Wildman–Crippen MR) is 96.5 cm³/mol. The van der Waals surface area contributed by atoms with Gasteiger partial charge in [0.1, 0.15) is 6.04 Å². The molecule has 3 heterocycles. The normalized spacial score (nSPS) is 23.8. The summed E-state index contributed by atoms with van der Waals surface area (Å²) in [4.78, 5) is 19.3. The van der Waals surface area contributed by atoms with Gasteiger partial charge >= 0.3 is 0 Å². The van der Waals surface area contributed by atoms with Crippen molar-refractivity contribution < 1.29 is 13.2 Å². The summed E-state index contributed by atoms with van der Waals surface area (Å²) in [6.07, 6.45) is 3.08. The Morgan fingerprint density at radius 2 is 1.85 bits per heavy atom. The van der Waals surface area contributed by atoms with E-state index >= 15 is 0 Å². The smallest absolute Gasteiger partial charge is 0.243 e. The van der Waals surface area contributed by atoms with E-state index in [0.717, 1.165) is 12.1 Å². The van der Waals surface area contributed by atoms with E-state index in [-0.39, 0.29) is 10.8 Å². The molecule has 26 heavy (non-hydrogen) atoms. The van der Waals surface area contributed by atoms with E-state index in [1.54, 1.807) is 41.4 Å². The average Bonchev–Trinajstić information content (AvgIpc) is 2.67. The van der Waals surface area contributed by atoms with E-state index in [9.17, 15) is 13.2 Å². The van der Waals surface area contributed by atoms with Crippen molar-refractivity contribution in [2.24, 2.45) is 5.92 Å². The SMILES string of the molecule is O=C1[C@H]2C[C@H](CCN2S(=O)(=O)c2ccccc2)CN1Cc1ccccn1. The summed E-state index contributed by atoms with van der Waals surface area (Å²) in [6, 6.07) is 13.4. The topological polar surface area (TPSA) is 70.6 Å². The lowest BCUT2D eigenvalue weighted by atomic mass is 9.87. The molecule has 2 fully saturated rings. The predicted octanol–water partition coefficient (Wildman–Crippen LogP) is 1.89. The number of rotatable bonds is 4. The number of hydrogen-bond acceptors (Lipinski definition) is 4. The van der Waals surface area contributed by atoms with Gasteiger partial charge in [-0.2, -0.15) is 4.31 Å². The van der Waals surface area contributed by atoms with Crippen LogP contribution in [0.1, 0.15) is 18.5 Å². The Morgan fingerprint density at radius 1 is 1.08 bits per heavy atom. The Labute approximate surface area is 153 Å². The first-order valence-corrected chi connectivity index (χ1v) is 10.3. The van der Waals surface area contributed by atoms with Crippen LogP contribution in [0.5, 0.6) is 0 Å². The molecule has 1 aromatic carbocycles. The first-order chi connectivity index (χ1) is 12.6. The molecule has 0 N–H and O–H groups in total. The van der Waals surface area contributed by atoms with Crippen LogP contribution >= 0.6 is 0 Å². The van der Waals surface area contributed by atoms with Gasteiger partial charge in [0.2, 0.25) is 15.9 Å². The second-order valence-electron chi connectivity index (χ2n) is 6.87. The number of sulfonamides is 1. The van der Waals surface area contributed by atoms with E-state index in [2.05, 4.69) is 4.98 Å². The highest BCUT2D eigenvalue weighted by Gasteiger charge is 2.46. The summed E-state index contributed by atoms with van der Waals surface area (Å²) >= 11 is 0. The molecule has 136 valence electrons. The van der Waals surface area contributed by atoms with E-state index in [1.807, 2.05) is 18.2 Å². The van der Waals surface area contributed by atoms with Gasteiger partial charge in [-0.15, -0.1) is 0 Å². The summed E-state index contributed by atoms with van der Waals surface area (Å²) in [5.41, 5.74) is 0.818. The maximum Gasteiger partial charge on any atom is 0.243 e. The third kappa shape index (κ3) is 3.12. The van der Waals surface area contributed by atoms with E-state index in [4.69, 9.17) is 0 Å². The number of carbonyl (C=O) groups is 1. The fourth-order valence-electron chi connectivity index (χ4n) is 3.86. The van der Waals surface area contributed by atoms with Crippen LogP contribution in [-0.2, 0) is 21.4 Å². The molecule has 2 aliphatic heterocycles. The number of amides is 1. The number of fused-ring (bicyclic) bond motifs is 2. The van der Waals surface area contributed by atoms with Crippen molar-refractivity contribution in [2.45, 2.75) is 30.3 Å². The van der Waals surface area contributed by atoms with Gasteiger partial charge in [0.25, 0.3) is 0 Å². The Morgan fingerprint density at radius 3 is 2.58 bits per heavy atom. The first-order valence-electron chi connectivity index (χ1n) is 8.81. The highest BCUT2D eigenvalue weighted by atomic mass is 32.2. The van der Waals surface area contributed by atoms with Crippen LogP contribution < -0.4 is 0 Å². The molecule has 0 saturated carbocycles. The number of carbonyl (C=O) groups excluding carboxylic acids is 1. The van der Waals surface area contributed by atoms with Crippen molar-refractivity contribution in [1.29, 1.82) is 0 Å². The highest BCUT2D eigenvalue weighted by Crippen LogP contribution is 2.34. The summed E-state index contributed by atoms with van der Waals surface area (Å²) in [5, 5.41) is 0. The molecule has 1 aromatic heterocycles. The fourth-order valence-corrected chi connectivity index (χ4v) is 5.49. The minimum Gasteiger partial charge on any atom is -0.335 e. The number of nitrogens with zero attached hydrogens (tertiary/aromatic N) is 3. The van der Waals surface area contributed by atoms with Crippen molar-refractivity contribution in [3.63, 3.8) is 0 Å². The standard InChI is InChI=1S/C19H21N3O3S/c23-19-18-12-15(13-21(19)14-16-6-4-5-10-20-16)9-11-22(18)26(24,25)17-7-2-1-3-8-17/h1-8,10,15,18H,9,11-14H2/t15-,18+/m0/s1. The van der Waals surface area contributed by atoms with Crippen molar-refractivity contribution in [2.75, 3.05) is 13.1 Å². The second kappa shape index (κ2) is 6.81. The molecule has 0 unspecified atom stereocenters. The Kier molecular flexibility index (Phi) is 4.50. The zero-order valence-corrected chi connectivity index (χ0v) is 15.2. The highest BCUT2D eigenvalue weighted by molar-refractivity contribution is 7.89. The molecule has 2 atom stereocenters. The molecule has 2 aliphatic rings. The van der Waals surface area contributed by atoms with Gasteiger partial charge in [0, 0.05) is 19.3 Å². The Hall–Kier alpha value is -2.25. The Bertz CT molecular complexity index is 887. The molecule has 2 bridgehead atoms. The molecule has 0 spiro atoms. The van der Waals surface area contributed by atoms with Gasteiger partial charge in [-0.1, -0.05) is 24.3 Å². The zero-order chi connectivity index (χ0) is 18.1. The average molecular weight is 371 g/mol. The third-order valence-electron chi connectivity index (χ3n) is 5.17. The van der Waals surface area contributed by atoms with Crippen molar-refractivity contribution >= 4 is 15.9 Å². The van der Waals surface area contributed by atoms with Crippen molar-refractivity contribution in [1.82, 2.24) is 14.2 Å². The first kappa shape index (κ1) is 17.2. The summed E-state index contributed by atoms with van der Waals surface area (Å²) in [6.45, 7) is 1.49. The minimum atomic E-state index is -3.67. The number of piperidine rings is 2. The number of hydrogen-bond donors (Lipinski definition) is 0. The summed E-state index contributed by atoms with van der Waals surface area (Å²) in [7, 11) is -3.67. The largest absolute Gasteiger partial charge is 0.335 e. The van der Waals surface area contributed by atoms with Gasteiger partial charge in [-0.25, -0.2) is 8.42 Å². The lowest BCUT2D eigenvalue weighted by Gasteiger charge is -2.45. The lowest BCUT2D eigenvalue weighted by molar-refractivity contribution is -0.143. The van der Waals surface area contributed by atoms with Crippen LogP contribution in [0.15, 0.2) is 59.6 Å². The Balaban J connectivity index is 1.60. The second-order valence-corrected chi connectivity index (χ2v) is 8.77. The third-order valence-corrected chi connectivity index (χ3v) is 7.09. The molecule has 0 radical (unpaired) electrons. The van der Waals surface area contributed by atoms with Crippen LogP contribution in [0.25, 0.3) is 0 Å².